The first kappa shape index (κ1) is 12.0. The number of benzene rings is 1. The maximum atomic E-state index is 11.6. The van der Waals surface area contributed by atoms with Crippen molar-refractivity contribution >= 4 is 12.1 Å². The van der Waals surface area contributed by atoms with Gasteiger partial charge in [0.25, 0.3) is 5.91 Å². The van der Waals surface area contributed by atoms with Crippen molar-refractivity contribution in [2.45, 2.75) is 6.42 Å². The zero-order chi connectivity index (χ0) is 12.6. The normalized spacial score (nSPS) is 10.4. The van der Waals surface area contributed by atoms with Crippen LogP contribution in [0.4, 0.5) is 0 Å². The molecule has 18 heavy (non-hydrogen) atoms. The summed E-state index contributed by atoms with van der Waals surface area (Å²) in [4.78, 5) is 15.5. The quantitative estimate of drug-likeness (QED) is 0.655. The molecule has 1 heterocycles. The van der Waals surface area contributed by atoms with Crippen LogP contribution in [0.5, 0.6) is 0 Å². The molecule has 4 nitrogen and oxygen atoms in total. The monoisotopic (exact) mass is 239 g/mol. The van der Waals surface area contributed by atoms with Gasteiger partial charge in [-0.1, -0.05) is 30.3 Å². The van der Waals surface area contributed by atoms with E-state index in [1.54, 1.807) is 24.5 Å². The fourth-order valence-electron chi connectivity index (χ4n) is 1.43. The lowest BCUT2D eigenvalue weighted by Crippen LogP contribution is -2.17. The second-order valence-electron chi connectivity index (χ2n) is 3.68. The van der Waals surface area contributed by atoms with E-state index in [0.717, 1.165) is 5.56 Å². The van der Waals surface area contributed by atoms with E-state index in [9.17, 15) is 4.79 Å². The van der Waals surface area contributed by atoms with Gasteiger partial charge >= 0.3 is 0 Å². The molecular formula is C14H13N3O. The third kappa shape index (κ3) is 3.52. The molecule has 0 aliphatic rings. The Bertz CT molecular complexity index is 523. The number of pyridine rings is 1. The molecule has 0 saturated carbocycles. The Morgan fingerprint density at radius 3 is 2.78 bits per heavy atom. The van der Waals surface area contributed by atoms with E-state index in [1.165, 1.54) is 6.20 Å². The SMILES string of the molecule is O=C(NN=CCc1ccccc1)c1cccnc1. The lowest BCUT2D eigenvalue weighted by atomic mass is 10.2. The molecule has 1 aromatic heterocycles. The molecule has 0 unspecified atom stereocenters. The van der Waals surface area contributed by atoms with Crippen LogP contribution in [-0.4, -0.2) is 17.1 Å². The zero-order valence-electron chi connectivity index (χ0n) is 9.78. The summed E-state index contributed by atoms with van der Waals surface area (Å²) >= 11 is 0. The second-order valence-corrected chi connectivity index (χ2v) is 3.68. The summed E-state index contributed by atoms with van der Waals surface area (Å²) in [6, 6.07) is 13.3. The van der Waals surface area contributed by atoms with E-state index in [4.69, 9.17) is 0 Å². The molecule has 0 aliphatic carbocycles. The fourth-order valence-corrected chi connectivity index (χ4v) is 1.43. The van der Waals surface area contributed by atoms with Gasteiger partial charge in [-0.2, -0.15) is 5.10 Å². The van der Waals surface area contributed by atoms with Gasteiger partial charge in [0.05, 0.1) is 5.56 Å². The molecule has 0 spiro atoms. The van der Waals surface area contributed by atoms with Crippen molar-refractivity contribution in [2.24, 2.45) is 5.10 Å². The van der Waals surface area contributed by atoms with Crippen LogP contribution < -0.4 is 5.43 Å². The Morgan fingerprint density at radius 1 is 1.22 bits per heavy atom. The molecule has 0 atom stereocenters. The molecule has 90 valence electrons. The van der Waals surface area contributed by atoms with Gasteiger partial charge in [-0.3, -0.25) is 9.78 Å². The average molecular weight is 239 g/mol. The number of nitrogens with one attached hydrogen (secondary N) is 1. The number of carbonyl (C=O) groups is 1. The first-order valence-electron chi connectivity index (χ1n) is 5.62. The van der Waals surface area contributed by atoms with Crippen LogP contribution in [0.3, 0.4) is 0 Å². The summed E-state index contributed by atoms with van der Waals surface area (Å²) in [6.45, 7) is 0. The predicted octanol–water partition coefficient (Wildman–Crippen LogP) is 2.04. The minimum atomic E-state index is -0.257. The molecule has 0 bridgehead atoms. The van der Waals surface area contributed by atoms with E-state index < -0.39 is 0 Å². The second kappa shape index (κ2) is 6.30. The Hall–Kier alpha value is -2.49. The smallest absolute Gasteiger partial charge is 0.267 e. The molecular weight excluding hydrogens is 226 g/mol. The van der Waals surface area contributed by atoms with Gasteiger partial charge < -0.3 is 0 Å². The van der Waals surface area contributed by atoms with E-state index in [2.05, 4.69) is 15.5 Å². The van der Waals surface area contributed by atoms with Gasteiger partial charge in [0.1, 0.15) is 0 Å². The van der Waals surface area contributed by atoms with Crippen molar-refractivity contribution < 1.29 is 4.79 Å². The standard InChI is InChI=1S/C14H13N3O/c18-14(13-7-4-9-15-11-13)17-16-10-8-12-5-2-1-3-6-12/h1-7,9-11H,8H2,(H,17,18). The van der Waals surface area contributed by atoms with Crippen molar-refractivity contribution in [3.63, 3.8) is 0 Å². The lowest BCUT2D eigenvalue weighted by Gasteiger charge is -1.98. The number of hydrogen-bond donors (Lipinski definition) is 1. The third-order valence-corrected chi connectivity index (χ3v) is 2.35. The van der Waals surface area contributed by atoms with Crippen molar-refractivity contribution in [3.8, 4) is 0 Å². The number of aromatic nitrogens is 1. The molecule has 0 aliphatic heterocycles. The van der Waals surface area contributed by atoms with Crippen molar-refractivity contribution in [1.82, 2.24) is 10.4 Å². The van der Waals surface area contributed by atoms with E-state index >= 15 is 0 Å². The average Bonchev–Trinajstić information content (AvgIpc) is 2.45. The third-order valence-electron chi connectivity index (χ3n) is 2.35. The highest BCUT2D eigenvalue weighted by Crippen LogP contribution is 1.97. The summed E-state index contributed by atoms with van der Waals surface area (Å²) in [7, 11) is 0. The number of rotatable bonds is 4. The van der Waals surface area contributed by atoms with E-state index in [-0.39, 0.29) is 5.91 Å². The summed E-state index contributed by atoms with van der Waals surface area (Å²) in [5.41, 5.74) is 4.10. The van der Waals surface area contributed by atoms with Gasteiger partial charge in [0.2, 0.25) is 0 Å². The van der Waals surface area contributed by atoms with Crippen LogP contribution in [0, 0.1) is 0 Å². The van der Waals surface area contributed by atoms with Crippen LogP contribution in [-0.2, 0) is 6.42 Å². The zero-order valence-corrected chi connectivity index (χ0v) is 9.78. The molecule has 1 amide bonds. The Morgan fingerprint density at radius 2 is 2.06 bits per heavy atom. The molecule has 2 aromatic rings. The maximum Gasteiger partial charge on any atom is 0.272 e. The minimum Gasteiger partial charge on any atom is -0.267 e. The molecule has 1 aromatic carbocycles. The van der Waals surface area contributed by atoms with Crippen LogP contribution in [0.15, 0.2) is 60.0 Å². The van der Waals surface area contributed by atoms with Gasteiger partial charge in [0, 0.05) is 25.0 Å². The van der Waals surface area contributed by atoms with Crippen molar-refractivity contribution in [1.29, 1.82) is 0 Å². The van der Waals surface area contributed by atoms with Gasteiger partial charge in [-0.25, -0.2) is 5.43 Å². The van der Waals surface area contributed by atoms with Crippen LogP contribution >= 0.6 is 0 Å². The number of carbonyl (C=O) groups excluding carboxylic acids is 1. The Kier molecular flexibility index (Phi) is 4.19. The predicted molar refractivity (Wildman–Crippen MR) is 70.3 cm³/mol. The number of amides is 1. The number of hydrazone groups is 1. The minimum absolute atomic E-state index is 0.257. The summed E-state index contributed by atoms with van der Waals surface area (Å²) in [6.07, 6.45) is 5.48. The highest BCUT2D eigenvalue weighted by Gasteiger charge is 2.01. The maximum absolute atomic E-state index is 11.6. The van der Waals surface area contributed by atoms with Crippen LogP contribution in [0.25, 0.3) is 0 Å². The van der Waals surface area contributed by atoms with Gasteiger partial charge in [0.15, 0.2) is 0 Å². The highest BCUT2D eigenvalue weighted by atomic mass is 16.2. The Balaban J connectivity index is 1.83. The highest BCUT2D eigenvalue weighted by molar-refractivity contribution is 5.93. The molecule has 0 saturated heterocycles. The molecule has 4 heteroatoms. The molecule has 0 radical (unpaired) electrons. The van der Waals surface area contributed by atoms with Gasteiger partial charge in [-0.05, 0) is 17.7 Å². The van der Waals surface area contributed by atoms with Crippen LogP contribution in [0.2, 0.25) is 0 Å². The Labute approximate surface area is 105 Å². The summed E-state index contributed by atoms with van der Waals surface area (Å²) < 4.78 is 0. The number of nitrogens with zero attached hydrogens (tertiary/aromatic N) is 2. The largest absolute Gasteiger partial charge is 0.272 e. The molecule has 0 fully saturated rings. The summed E-state index contributed by atoms with van der Waals surface area (Å²) in [5.74, 6) is -0.257. The van der Waals surface area contributed by atoms with Crippen LogP contribution in [0.1, 0.15) is 15.9 Å². The molecule has 1 N–H and O–H groups in total. The van der Waals surface area contributed by atoms with Gasteiger partial charge in [-0.15, -0.1) is 0 Å². The van der Waals surface area contributed by atoms with E-state index in [1.807, 2.05) is 30.3 Å². The fraction of sp³-hybridized carbons (Fsp3) is 0.0714. The topological polar surface area (TPSA) is 54.4 Å². The lowest BCUT2D eigenvalue weighted by molar-refractivity contribution is 0.0954. The molecule has 2 rings (SSSR count). The van der Waals surface area contributed by atoms with E-state index in [0.29, 0.717) is 12.0 Å². The first-order valence-corrected chi connectivity index (χ1v) is 5.62. The summed E-state index contributed by atoms with van der Waals surface area (Å²) in [5, 5.41) is 3.89. The van der Waals surface area contributed by atoms with Crippen molar-refractivity contribution in [2.75, 3.05) is 0 Å². The first-order chi connectivity index (χ1) is 8.86. The van der Waals surface area contributed by atoms with Crippen molar-refractivity contribution in [3.05, 3.63) is 66.0 Å². The number of hydrogen-bond acceptors (Lipinski definition) is 3.